The second-order valence-electron chi connectivity index (χ2n) is 8.76. The van der Waals surface area contributed by atoms with Crippen molar-refractivity contribution in [2.24, 2.45) is 11.8 Å². The first kappa shape index (κ1) is 20.0. The van der Waals surface area contributed by atoms with E-state index in [4.69, 9.17) is 0 Å². The third-order valence-electron chi connectivity index (χ3n) is 6.75. The number of hydrogen-bond acceptors (Lipinski definition) is 5. The number of carbonyl (C=O) groups excluding carboxylic acids is 1. The number of amides is 1. The van der Waals surface area contributed by atoms with Crippen LogP contribution in [0.1, 0.15) is 23.2 Å². The molecular formula is C22H34N4OS. The van der Waals surface area contributed by atoms with Crippen LogP contribution in [-0.2, 0) is 0 Å². The molecule has 4 saturated heterocycles. The summed E-state index contributed by atoms with van der Waals surface area (Å²) in [6, 6.07) is 8.36. The summed E-state index contributed by atoms with van der Waals surface area (Å²) < 4.78 is 0. The molecule has 0 aliphatic carbocycles. The summed E-state index contributed by atoms with van der Waals surface area (Å²) in [5.41, 5.74) is 1.87. The highest BCUT2D eigenvalue weighted by atomic mass is 32.2. The first-order valence-corrected chi connectivity index (χ1v) is 11.9. The molecule has 4 aliphatic rings. The fourth-order valence-corrected chi connectivity index (χ4v) is 5.99. The van der Waals surface area contributed by atoms with Gasteiger partial charge in [0.2, 0.25) is 0 Å². The average molecular weight is 403 g/mol. The van der Waals surface area contributed by atoms with E-state index in [1.54, 1.807) is 0 Å². The van der Waals surface area contributed by atoms with E-state index in [9.17, 15) is 4.79 Å². The Morgan fingerprint density at radius 2 is 1.93 bits per heavy atom. The number of anilines is 1. The van der Waals surface area contributed by atoms with E-state index >= 15 is 0 Å². The summed E-state index contributed by atoms with van der Waals surface area (Å²) >= 11 is 2.09. The Morgan fingerprint density at radius 3 is 2.57 bits per heavy atom. The molecule has 0 aromatic heterocycles. The van der Waals surface area contributed by atoms with E-state index in [-0.39, 0.29) is 5.91 Å². The van der Waals surface area contributed by atoms with Gasteiger partial charge in [0, 0.05) is 75.6 Å². The van der Waals surface area contributed by atoms with Crippen LogP contribution >= 0.6 is 11.8 Å². The zero-order valence-corrected chi connectivity index (χ0v) is 18.1. The van der Waals surface area contributed by atoms with Crippen molar-refractivity contribution in [2.45, 2.75) is 18.9 Å². The molecule has 4 heterocycles. The topological polar surface area (TPSA) is 38.8 Å². The lowest BCUT2D eigenvalue weighted by Gasteiger charge is -2.51. The Bertz CT molecular complexity index is 659. The van der Waals surface area contributed by atoms with Gasteiger partial charge < -0.3 is 15.1 Å². The summed E-state index contributed by atoms with van der Waals surface area (Å²) in [6.45, 7) is 7.00. The highest BCUT2D eigenvalue weighted by molar-refractivity contribution is 7.99. The minimum atomic E-state index is 0.0512. The number of nitrogens with zero attached hydrogens (tertiary/aromatic N) is 3. The van der Waals surface area contributed by atoms with Crippen molar-refractivity contribution in [1.29, 1.82) is 0 Å². The Balaban J connectivity index is 1.26. The Labute approximate surface area is 173 Å². The average Bonchev–Trinajstić information content (AvgIpc) is 2.73. The van der Waals surface area contributed by atoms with Crippen LogP contribution in [0.15, 0.2) is 24.3 Å². The van der Waals surface area contributed by atoms with E-state index in [1.807, 2.05) is 43.3 Å². The van der Waals surface area contributed by atoms with Gasteiger partial charge in [-0.25, -0.2) is 0 Å². The number of carbonyl (C=O) groups is 1. The van der Waals surface area contributed by atoms with Gasteiger partial charge in [0.15, 0.2) is 0 Å². The van der Waals surface area contributed by atoms with Crippen LogP contribution in [0.3, 0.4) is 0 Å². The van der Waals surface area contributed by atoms with Gasteiger partial charge >= 0.3 is 0 Å². The molecule has 0 radical (unpaired) electrons. The zero-order valence-electron chi connectivity index (χ0n) is 17.3. The minimum absolute atomic E-state index is 0.0512. The summed E-state index contributed by atoms with van der Waals surface area (Å²) in [5.74, 6) is 4.30. The summed E-state index contributed by atoms with van der Waals surface area (Å²) in [5, 5.41) is 3.19. The maximum atomic E-state index is 12.5. The number of rotatable bonds is 6. The van der Waals surface area contributed by atoms with Crippen molar-refractivity contribution in [3.05, 3.63) is 29.8 Å². The van der Waals surface area contributed by atoms with Crippen LogP contribution in [-0.4, -0.2) is 86.6 Å². The number of fused-ring (bicyclic) bond motifs is 3. The lowest BCUT2D eigenvalue weighted by atomic mass is 9.75. The van der Waals surface area contributed by atoms with Crippen LogP contribution in [0.4, 0.5) is 5.69 Å². The highest BCUT2D eigenvalue weighted by Crippen LogP contribution is 2.36. The van der Waals surface area contributed by atoms with Gasteiger partial charge in [-0.2, -0.15) is 11.8 Å². The van der Waals surface area contributed by atoms with E-state index in [0.29, 0.717) is 6.04 Å². The van der Waals surface area contributed by atoms with E-state index in [0.717, 1.165) is 29.6 Å². The van der Waals surface area contributed by atoms with Gasteiger partial charge in [-0.05, 0) is 55.5 Å². The largest absolute Gasteiger partial charge is 0.378 e. The molecule has 0 spiro atoms. The maximum Gasteiger partial charge on any atom is 0.251 e. The van der Waals surface area contributed by atoms with Gasteiger partial charge in [0.25, 0.3) is 5.91 Å². The molecule has 1 N–H and O–H groups in total. The second-order valence-corrected chi connectivity index (χ2v) is 9.98. The van der Waals surface area contributed by atoms with Crippen molar-refractivity contribution in [1.82, 2.24) is 15.1 Å². The quantitative estimate of drug-likeness (QED) is 0.790. The van der Waals surface area contributed by atoms with Crippen molar-refractivity contribution in [3.8, 4) is 0 Å². The number of benzene rings is 1. The van der Waals surface area contributed by atoms with Gasteiger partial charge in [-0.1, -0.05) is 0 Å². The molecular weight excluding hydrogens is 368 g/mol. The predicted molar refractivity (Wildman–Crippen MR) is 118 cm³/mol. The number of nitrogens with one attached hydrogen (secondary N) is 1. The SMILES string of the molecule is CN(C)c1ccc(C(=O)NC[C@H]2C[C@@H]3CCN2C[C@@H]3CN2CCSCC2)cc1. The molecule has 4 fully saturated rings. The Hall–Kier alpha value is -1.24. The van der Waals surface area contributed by atoms with Crippen molar-refractivity contribution in [2.75, 3.05) is 69.8 Å². The summed E-state index contributed by atoms with van der Waals surface area (Å²) in [7, 11) is 4.03. The van der Waals surface area contributed by atoms with Crippen molar-refractivity contribution >= 4 is 23.4 Å². The van der Waals surface area contributed by atoms with E-state index in [2.05, 4.69) is 26.9 Å². The number of piperidine rings is 3. The second kappa shape index (κ2) is 9.06. The normalized spacial score (nSPS) is 30.2. The third kappa shape index (κ3) is 4.66. The van der Waals surface area contributed by atoms with Crippen LogP contribution < -0.4 is 10.2 Å². The number of thioether (sulfide) groups is 1. The van der Waals surface area contributed by atoms with Gasteiger partial charge in [0.1, 0.15) is 0 Å². The van der Waals surface area contributed by atoms with Crippen molar-refractivity contribution in [3.63, 3.8) is 0 Å². The van der Waals surface area contributed by atoms with Crippen LogP contribution in [0.5, 0.6) is 0 Å². The zero-order chi connectivity index (χ0) is 19.5. The van der Waals surface area contributed by atoms with Crippen LogP contribution in [0, 0.1) is 11.8 Å². The van der Waals surface area contributed by atoms with Crippen LogP contribution in [0.25, 0.3) is 0 Å². The monoisotopic (exact) mass is 402 g/mol. The number of hydrogen-bond donors (Lipinski definition) is 1. The smallest absolute Gasteiger partial charge is 0.251 e. The fourth-order valence-electron chi connectivity index (χ4n) is 5.01. The molecule has 5 nitrogen and oxygen atoms in total. The molecule has 154 valence electrons. The predicted octanol–water partition coefficient (Wildman–Crippen LogP) is 2.24. The molecule has 1 aromatic carbocycles. The standard InChI is InChI=1S/C22H34N4OS/c1-24(2)20-5-3-17(4-6-20)22(27)23-14-21-13-18-7-8-26(21)16-19(18)15-25-9-11-28-12-10-25/h3-6,18-19,21H,7-16H2,1-2H3,(H,23,27)/t18-,19-,21+/m0/s1. The molecule has 2 bridgehead atoms. The van der Waals surface area contributed by atoms with Crippen LogP contribution in [0.2, 0.25) is 0 Å². The van der Waals surface area contributed by atoms with E-state index in [1.165, 1.54) is 57.1 Å². The highest BCUT2D eigenvalue weighted by Gasteiger charge is 2.40. The first-order valence-electron chi connectivity index (χ1n) is 10.7. The molecule has 5 rings (SSSR count). The molecule has 0 saturated carbocycles. The summed E-state index contributed by atoms with van der Waals surface area (Å²) in [6.07, 6.45) is 2.58. The molecule has 1 amide bonds. The Morgan fingerprint density at radius 1 is 1.18 bits per heavy atom. The van der Waals surface area contributed by atoms with Gasteiger partial charge in [-0.15, -0.1) is 0 Å². The molecule has 4 atom stereocenters. The van der Waals surface area contributed by atoms with Gasteiger partial charge in [-0.3, -0.25) is 9.69 Å². The lowest BCUT2D eigenvalue weighted by molar-refractivity contribution is -0.0104. The Kier molecular flexibility index (Phi) is 6.48. The minimum Gasteiger partial charge on any atom is -0.378 e. The summed E-state index contributed by atoms with van der Waals surface area (Å²) in [4.78, 5) is 19.9. The van der Waals surface area contributed by atoms with E-state index < -0.39 is 0 Å². The lowest BCUT2D eigenvalue weighted by Crippen LogP contribution is -2.58. The molecule has 1 aromatic rings. The third-order valence-corrected chi connectivity index (χ3v) is 7.70. The van der Waals surface area contributed by atoms with Crippen molar-refractivity contribution < 1.29 is 4.79 Å². The molecule has 1 unspecified atom stereocenters. The molecule has 4 aliphatic heterocycles. The molecule has 6 heteroatoms. The van der Waals surface area contributed by atoms with Gasteiger partial charge in [0.05, 0.1) is 0 Å². The fraction of sp³-hybridized carbons (Fsp3) is 0.682. The maximum absolute atomic E-state index is 12.5. The first-order chi connectivity index (χ1) is 13.6. The molecule has 28 heavy (non-hydrogen) atoms.